The molecule has 0 saturated carbocycles. The van der Waals surface area contributed by atoms with E-state index in [2.05, 4.69) is 5.32 Å². The maximum atomic E-state index is 11.9. The summed E-state index contributed by atoms with van der Waals surface area (Å²) < 4.78 is 5.20. The van der Waals surface area contributed by atoms with E-state index >= 15 is 0 Å². The van der Waals surface area contributed by atoms with Crippen molar-refractivity contribution in [3.8, 4) is 6.07 Å². The van der Waals surface area contributed by atoms with Gasteiger partial charge in [0.15, 0.2) is 0 Å². The van der Waals surface area contributed by atoms with Gasteiger partial charge >= 0.3 is 5.97 Å². The Morgan fingerprint density at radius 3 is 2.36 bits per heavy atom. The van der Waals surface area contributed by atoms with Gasteiger partial charge in [0.25, 0.3) is 0 Å². The van der Waals surface area contributed by atoms with Crippen molar-refractivity contribution in [2.24, 2.45) is 0 Å². The van der Waals surface area contributed by atoms with Crippen LogP contribution in [0.4, 0.5) is 5.69 Å². The molecule has 0 fully saturated rings. The molecule has 0 unspecified atom stereocenters. The Labute approximate surface area is 128 Å². The molecule has 1 N–H and O–H groups in total. The van der Waals surface area contributed by atoms with E-state index in [0.29, 0.717) is 11.3 Å². The minimum absolute atomic E-state index is 0.207. The van der Waals surface area contributed by atoms with Crippen LogP contribution in [0.15, 0.2) is 54.6 Å². The summed E-state index contributed by atoms with van der Waals surface area (Å²) in [7, 11) is 0. The first-order valence-electron chi connectivity index (χ1n) is 6.67. The third-order valence-corrected chi connectivity index (χ3v) is 2.86. The summed E-state index contributed by atoms with van der Waals surface area (Å²) in [6.45, 7) is 0.209. The molecule has 0 aliphatic heterocycles. The van der Waals surface area contributed by atoms with E-state index in [4.69, 9.17) is 10.00 Å². The van der Waals surface area contributed by atoms with Crippen molar-refractivity contribution in [3.63, 3.8) is 0 Å². The van der Waals surface area contributed by atoms with Gasteiger partial charge in [-0.05, 0) is 29.8 Å². The number of carbonyl (C=O) groups excluding carboxylic acids is 2. The van der Waals surface area contributed by atoms with Gasteiger partial charge in [-0.3, -0.25) is 4.79 Å². The highest BCUT2D eigenvalue weighted by atomic mass is 16.5. The molecule has 0 atom stereocenters. The van der Waals surface area contributed by atoms with Crippen molar-refractivity contribution in [1.29, 1.82) is 5.26 Å². The second-order valence-corrected chi connectivity index (χ2v) is 4.52. The van der Waals surface area contributed by atoms with Gasteiger partial charge in [0.05, 0.1) is 11.6 Å². The van der Waals surface area contributed by atoms with Crippen molar-refractivity contribution in [2.45, 2.75) is 13.0 Å². The highest BCUT2D eigenvalue weighted by Crippen LogP contribution is 2.12. The van der Waals surface area contributed by atoms with Gasteiger partial charge in [0.2, 0.25) is 5.91 Å². The number of nitriles is 1. The smallest absolute Gasteiger partial charge is 0.338 e. The number of esters is 1. The SMILES string of the molecule is N#CCC(=O)Nc1ccc(C(=O)OCc2ccccc2)cc1. The number of carbonyl (C=O) groups is 2. The van der Waals surface area contributed by atoms with E-state index in [1.165, 1.54) is 0 Å². The minimum atomic E-state index is -0.432. The lowest BCUT2D eigenvalue weighted by molar-refractivity contribution is -0.115. The Bertz CT molecular complexity index is 688. The second kappa shape index (κ2) is 7.60. The first-order valence-corrected chi connectivity index (χ1v) is 6.67. The van der Waals surface area contributed by atoms with E-state index in [-0.39, 0.29) is 18.9 Å². The number of rotatable bonds is 5. The van der Waals surface area contributed by atoms with Gasteiger partial charge < -0.3 is 10.1 Å². The lowest BCUT2D eigenvalue weighted by Gasteiger charge is -2.06. The number of hydrogen-bond donors (Lipinski definition) is 1. The number of ether oxygens (including phenoxy) is 1. The average molecular weight is 294 g/mol. The molecule has 0 aromatic heterocycles. The predicted molar refractivity (Wildman–Crippen MR) is 80.9 cm³/mol. The number of hydrogen-bond acceptors (Lipinski definition) is 4. The highest BCUT2D eigenvalue weighted by molar-refractivity contribution is 5.93. The third kappa shape index (κ3) is 4.46. The van der Waals surface area contributed by atoms with Crippen LogP contribution in [0.2, 0.25) is 0 Å². The molecule has 5 nitrogen and oxygen atoms in total. The highest BCUT2D eigenvalue weighted by Gasteiger charge is 2.08. The summed E-state index contributed by atoms with van der Waals surface area (Å²) in [6.07, 6.45) is -0.207. The lowest BCUT2D eigenvalue weighted by Crippen LogP contribution is -2.10. The summed E-state index contributed by atoms with van der Waals surface area (Å²) in [5, 5.41) is 11.0. The standard InChI is InChI=1S/C17H14N2O3/c18-11-10-16(20)19-15-8-6-14(7-9-15)17(21)22-12-13-4-2-1-3-5-13/h1-9H,10,12H2,(H,19,20). The van der Waals surface area contributed by atoms with E-state index in [1.807, 2.05) is 30.3 Å². The monoisotopic (exact) mass is 294 g/mol. The molecule has 22 heavy (non-hydrogen) atoms. The number of nitrogens with zero attached hydrogens (tertiary/aromatic N) is 1. The molecule has 0 bridgehead atoms. The maximum absolute atomic E-state index is 11.9. The van der Waals surface area contributed by atoms with E-state index in [0.717, 1.165) is 5.56 Å². The number of anilines is 1. The molecule has 2 rings (SSSR count). The van der Waals surface area contributed by atoms with Gasteiger partial charge in [-0.2, -0.15) is 5.26 Å². The first-order chi connectivity index (χ1) is 10.7. The Kier molecular flexibility index (Phi) is 5.27. The molecular formula is C17H14N2O3. The Hall–Kier alpha value is -3.13. The zero-order chi connectivity index (χ0) is 15.8. The molecule has 1 amide bonds. The van der Waals surface area contributed by atoms with Crippen LogP contribution in [-0.2, 0) is 16.1 Å². The van der Waals surface area contributed by atoms with Crippen LogP contribution in [0.3, 0.4) is 0 Å². The molecular weight excluding hydrogens is 280 g/mol. The fourth-order valence-electron chi connectivity index (χ4n) is 1.77. The molecule has 0 aliphatic rings. The van der Waals surface area contributed by atoms with Gasteiger partial charge in [0, 0.05) is 5.69 Å². The zero-order valence-electron chi connectivity index (χ0n) is 11.8. The van der Waals surface area contributed by atoms with Crippen molar-refractivity contribution < 1.29 is 14.3 Å². The lowest BCUT2D eigenvalue weighted by atomic mass is 10.2. The second-order valence-electron chi connectivity index (χ2n) is 4.52. The minimum Gasteiger partial charge on any atom is -0.457 e. The Morgan fingerprint density at radius 1 is 1.05 bits per heavy atom. The molecule has 0 saturated heterocycles. The van der Waals surface area contributed by atoms with Crippen LogP contribution < -0.4 is 5.32 Å². The van der Waals surface area contributed by atoms with Gasteiger partial charge in [-0.1, -0.05) is 30.3 Å². The van der Waals surface area contributed by atoms with Crippen molar-refractivity contribution in [1.82, 2.24) is 0 Å². The molecule has 0 spiro atoms. The fraction of sp³-hybridized carbons (Fsp3) is 0.118. The van der Waals surface area contributed by atoms with Gasteiger partial charge in [0.1, 0.15) is 13.0 Å². The summed E-state index contributed by atoms with van der Waals surface area (Å²) >= 11 is 0. The van der Waals surface area contributed by atoms with Crippen molar-refractivity contribution in [3.05, 3.63) is 65.7 Å². The van der Waals surface area contributed by atoms with E-state index in [9.17, 15) is 9.59 Å². The van der Waals surface area contributed by atoms with Gasteiger partial charge in [-0.25, -0.2) is 4.79 Å². The van der Waals surface area contributed by atoms with Crippen LogP contribution in [0, 0.1) is 11.3 Å². The van der Waals surface area contributed by atoms with Crippen molar-refractivity contribution in [2.75, 3.05) is 5.32 Å². The average Bonchev–Trinajstić information content (AvgIpc) is 2.54. The van der Waals surface area contributed by atoms with Gasteiger partial charge in [-0.15, -0.1) is 0 Å². The van der Waals surface area contributed by atoms with E-state index < -0.39 is 5.97 Å². The van der Waals surface area contributed by atoms with Crippen LogP contribution >= 0.6 is 0 Å². The molecule has 2 aromatic carbocycles. The van der Waals surface area contributed by atoms with Crippen LogP contribution in [-0.4, -0.2) is 11.9 Å². The largest absolute Gasteiger partial charge is 0.457 e. The molecule has 2 aromatic rings. The molecule has 5 heteroatoms. The summed E-state index contributed by atoms with van der Waals surface area (Å²) in [4.78, 5) is 23.2. The Morgan fingerprint density at radius 2 is 1.73 bits per heavy atom. The number of nitrogens with one attached hydrogen (secondary N) is 1. The summed E-state index contributed by atoms with van der Waals surface area (Å²) in [5.41, 5.74) is 1.84. The van der Waals surface area contributed by atoms with Crippen LogP contribution in [0.1, 0.15) is 22.3 Å². The predicted octanol–water partition coefficient (Wildman–Crippen LogP) is 2.90. The van der Waals surface area contributed by atoms with E-state index in [1.54, 1.807) is 30.3 Å². The topological polar surface area (TPSA) is 79.2 Å². The number of benzene rings is 2. The number of amides is 1. The Balaban J connectivity index is 1.91. The summed E-state index contributed by atoms with van der Waals surface area (Å²) in [6, 6.07) is 17.5. The molecule has 0 radical (unpaired) electrons. The molecule has 110 valence electrons. The van der Waals surface area contributed by atoms with Crippen LogP contribution in [0.5, 0.6) is 0 Å². The molecule has 0 aliphatic carbocycles. The maximum Gasteiger partial charge on any atom is 0.338 e. The quantitative estimate of drug-likeness (QED) is 0.860. The van der Waals surface area contributed by atoms with Crippen molar-refractivity contribution >= 4 is 17.6 Å². The first kappa shape index (κ1) is 15.3. The summed E-state index contributed by atoms with van der Waals surface area (Å²) in [5.74, 6) is -0.819. The zero-order valence-corrected chi connectivity index (χ0v) is 11.8. The fourth-order valence-corrected chi connectivity index (χ4v) is 1.77. The normalized spacial score (nSPS) is 9.59. The molecule has 0 heterocycles. The third-order valence-electron chi connectivity index (χ3n) is 2.86. The van der Waals surface area contributed by atoms with Crippen LogP contribution in [0.25, 0.3) is 0 Å².